The van der Waals surface area contributed by atoms with E-state index in [0.717, 1.165) is 12.8 Å². The molecule has 2 N–H and O–H groups in total. The van der Waals surface area contributed by atoms with Crippen LogP contribution in [0.15, 0.2) is 42.5 Å². The molecule has 2 amide bonds. The van der Waals surface area contributed by atoms with Gasteiger partial charge in [-0.05, 0) is 42.7 Å². The number of carbonyl (C=O) groups excluding carboxylic acids is 2. The number of amides is 2. The van der Waals surface area contributed by atoms with Crippen LogP contribution in [0.25, 0.3) is 0 Å². The van der Waals surface area contributed by atoms with E-state index in [4.69, 9.17) is 9.47 Å². The van der Waals surface area contributed by atoms with Gasteiger partial charge in [-0.15, -0.1) is 0 Å². The summed E-state index contributed by atoms with van der Waals surface area (Å²) < 4.78 is 11.1. The van der Waals surface area contributed by atoms with Gasteiger partial charge in [0, 0.05) is 12.1 Å². The van der Waals surface area contributed by atoms with Gasteiger partial charge in [0.25, 0.3) is 11.8 Å². The van der Waals surface area contributed by atoms with Gasteiger partial charge in [0.15, 0.2) is 11.5 Å². The molecule has 0 aliphatic carbocycles. The highest BCUT2D eigenvalue weighted by Crippen LogP contribution is 2.29. The first-order valence-electron chi connectivity index (χ1n) is 9.95. The SMILES string of the molecule is CCCCOc1ccc(C(=O)Nc2ccccc2C(=O)NCC(C)C)cc1OC. The van der Waals surface area contributed by atoms with Gasteiger partial charge in [-0.2, -0.15) is 0 Å². The third kappa shape index (κ3) is 6.52. The van der Waals surface area contributed by atoms with Gasteiger partial charge in [-0.3, -0.25) is 9.59 Å². The van der Waals surface area contributed by atoms with Crippen molar-refractivity contribution in [1.82, 2.24) is 5.32 Å². The maximum Gasteiger partial charge on any atom is 0.255 e. The third-order valence-corrected chi connectivity index (χ3v) is 4.27. The summed E-state index contributed by atoms with van der Waals surface area (Å²) in [6.45, 7) is 7.30. The molecule has 0 radical (unpaired) electrons. The summed E-state index contributed by atoms with van der Waals surface area (Å²) >= 11 is 0. The molecule has 2 aromatic rings. The molecule has 0 aliphatic rings. The highest BCUT2D eigenvalue weighted by atomic mass is 16.5. The lowest BCUT2D eigenvalue weighted by Gasteiger charge is -2.14. The number of nitrogens with one attached hydrogen (secondary N) is 2. The third-order valence-electron chi connectivity index (χ3n) is 4.27. The molecule has 0 atom stereocenters. The van der Waals surface area contributed by atoms with Crippen LogP contribution in [-0.2, 0) is 0 Å². The number of ether oxygens (including phenoxy) is 2. The first-order chi connectivity index (χ1) is 14.0. The quantitative estimate of drug-likeness (QED) is 0.577. The molecule has 0 aromatic heterocycles. The molecule has 0 heterocycles. The minimum Gasteiger partial charge on any atom is -0.493 e. The van der Waals surface area contributed by atoms with Crippen LogP contribution in [0.3, 0.4) is 0 Å². The summed E-state index contributed by atoms with van der Waals surface area (Å²) in [6.07, 6.45) is 1.98. The molecule has 2 aromatic carbocycles. The van der Waals surface area contributed by atoms with Crippen molar-refractivity contribution in [2.45, 2.75) is 33.6 Å². The van der Waals surface area contributed by atoms with Crippen molar-refractivity contribution in [3.8, 4) is 11.5 Å². The van der Waals surface area contributed by atoms with Crippen molar-refractivity contribution >= 4 is 17.5 Å². The van der Waals surface area contributed by atoms with Gasteiger partial charge in [-0.1, -0.05) is 39.3 Å². The lowest BCUT2D eigenvalue weighted by molar-refractivity contribution is 0.0950. The molecule has 29 heavy (non-hydrogen) atoms. The van der Waals surface area contributed by atoms with E-state index in [9.17, 15) is 9.59 Å². The number of hydrogen-bond acceptors (Lipinski definition) is 4. The van der Waals surface area contributed by atoms with E-state index in [2.05, 4.69) is 17.6 Å². The molecule has 0 aliphatic heterocycles. The highest BCUT2D eigenvalue weighted by Gasteiger charge is 2.16. The van der Waals surface area contributed by atoms with Crippen LogP contribution in [0.2, 0.25) is 0 Å². The number of unbranched alkanes of at least 4 members (excludes halogenated alkanes) is 1. The molecule has 6 nitrogen and oxygen atoms in total. The van der Waals surface area contributed by atoms with Crippen LogP contribution < -0.4 is 20.1 Å². The van der Waals surface area contributed by atoms with Crippen LogP contribution >= 0.6 is 0 Å². The van der Waals surface area contributed by atoms with Crippen molar-refractivity contribution in [3.63, 3.8) is 0 Å². The molecule has 6 heteroatoms. The Morgan fingerprint density at radius 2 is 1.79 bits per heavy atom. The van der Waals surface area contributed by atoms with Gasteiger partial charge in [-0.25, -0.2) is 0 Å². The highest BCUT2D eigenvalue weighted by molar-refractivity contribution is 6.09. The number of rotatable bonds is 10. The molecular weight excluding hydrogens is 368 g/mol. The zero-order chi connectivity index (χ0) is 21.2. The Balaban J connectivity index is 2.15. The predicted octanol–water partition coefficient (Wildman–Crippen LogP) is 4.51. The molecule has 2 rings (SSSR count). The van der Waals surface area contributed by atoms with Crippen molar-refractivity contribution in [3.05, 3.63) is 53.6 Å². The molecule has 0 bridgehead atoms. The van der Waals surface area contributed by atoms with E-state index in [1.165, 1.54) is 7.11 Å². The van der Waals surface area contributed by atoms with E-state index >= 15 is 0 Å². The Kier molecular flexibility index (Phi) is 8.52. The van der Waals surface area contributed by atoms with E-state index < -0.39 is 0 Å². The zero-order valence-corrected chi connectivity index (χ0v) is 17.6. The predicted molar refractivity (Wildman–Crippen MR) is 115 cm³/mol. The van der Waals surface area contributed by atoms with Gasteiger partial charge in [0.2, 0.25) is 0 Å². The van der Waals surface area contributed by atoms with E-state index in [1.807, 2.05) is 13.8 Å². The Morgan fingerprint density at radius 1 is 1.03 bits per heavy atom. The summed E-state index contributed by atoms with van der Waals surface area (Å²) in [5.74, 6) is 0.897. The fraction of sp³-hybridized carbons (Fsp3) is 0.391. The van der Waals surface area contributed by atoms with E-state index in [-0.39, 0.29) is 11.8 Å². The summed E-state index contributed by atoms with van der Waals surface area (Å²) in [5, 5.41) is 5.70. The van der Waals surface area contributed by atoms with Crippen molar-refractivity contribution in [2.24, 2.45) is 5.92 Å². The van der Waals surface area contributed by atoms with Gasteiger partial charge in [0.05, 0.1) is 25.0 Å². The zero-order valence-electron chi connectivity index (χ0n) is 17.6. The second-order valence-corrected chi connectivity index (χ2v) is 7.17. The first-order valence-corrected chi connectivity index (χ1v) is 9.95. The molecule has 0 unspecified atom stereocenters. The molecular formula is C23H30N2O4. The Hall–Kier alpha value is -3.02. The van der Waals surface area contributed by atoms with Crippen LogP contribution in [-0.4, -0.2) is 32.1 Å². The van der Waals surface area contributed by atoms with E-state index in [1.54, 1.807) is 42.5 Å². The van der Waals surface area contributed by atoms with Crippen molar-refractivity contribution in [2.75, 3.05) is 25.6 Å². The van der Waals surface area contributed by atoms with Gasteiger partial charge < -0.3 is 20.1 Å². The lowest BCUT2D eigenvalue weighted by atomic mass is 10.1. The van der Waals surface area contributed by atoms with Crippen LogP contribution in [0.5, 0.6) is 11.5 Å². The maximum atomic E-state index is 12.8. The molecule has 156 valence electrons. The number of benzene rings is 2. The average molecular weight is 399 g/mol. The van der Waals surface area contributed by atoms with Crippen LogP contribution in [0, 0.1) is 5.92 Å². The largest absolute Gasteiger partial charge is 0.493 e. The normalized spacial score (nSPS) is 10.5. The number of methoxy groups -OCH3 is 1. The topological polar surface area (TPSA) is 76.7 Å². The minimum absolute atomic E-state index is 0.216. The second kappa shape index (κ2) is 11.1. The summed E-state index contributed by atoms with van der Waals surface area (Å²) in [6, 6.07) is 12.0. The van der Waals surface area contributed by atoms with E-state index in [0.29, 0.717) is 47.4 Å². The second-order valence-electron chi connectivity index (χ2n) is 7.17. The maximum absolute atomic E-state index is 12.8. The first kappa shape index (κ1) is 22.3. The van der Waals surface area contributed by atoms with Crippen molar-refractivity contribution in [1.29, 1.82) is 0 Å². The molecule has 0 fully saturated rings. The smallest absolute Gasteiger partial charge is 0.255 e. The summed E-state index contributed by atoms with van der Waals surface area (Å²) in [7, 11) is 1.54. The number of hydrogen-bond donors (Lipinski definition) is 2. The molecule has 0 spiro atoms. The number of anilines is 1. The van der Waals surface area contributed by atoms with Crippen LogP contribution in [0.1, 0.15) is 54.3 Å². The number of para-hydroxylation sites is 1. The van der Waals surface area contributed by atoms with Crippen LogP contribution in [0.4, 0.5) is 5.69 Å². The summed E-state index contributed by atoms with van der Waals surface area (Å²) in [4.78, 5) is 25.2. The Labute approximate surface area is 172 Å². The lowest BCUT2D eigenvalue weighted by Crippen LogP contribution is -2.28. The molecule has 0 saturated carbocycles. The Bertz CT molecular complexity index is 833. The number of carbonyl (C=O) groups is 2. The minimum atomic E-state index is -0.326. The Morgan fingerprint density at radius 3 is 2.48 bits per heavy atom. The molecule has 0 saturated heterocycles. The summed E-state index contributed by atoms with van der Waals surface area (Å²) in [5.41, 5.74) is 1.30. The van der Waals surface area contributed by atoms with Gasteiger partial charge in [0.1, 0.15) is 0 Å². The monoisotopic (exact) mass is 398 g/mol. The average Bonchev–Trinajstić information content (AvgIpc) is 2.72. The van der Waals surface area contributed by atoms with Gasteiger partial charge >= 0.3 is 0 Å². The standard InChI is InChI=1S/C23H30N2O4/c1-5-6-13-29-20-12-11-17(14-21(20)28-4)22(26)25-19-10-8-7-9-18(19)23(27)24-15-16(2)3/h7-12,14,16H,5-6,13,15H2,1-4H3,(H,24,27)(H,25,26). The fourth-order valence-corrected chi connectivity index (χ4v) is 2.63. The van der Waals surface area contributed by atoms with Crippen molar-refractivity contribution < 1.29 is 19.1 Å². The fourth-order valence-electron chi connectivity index (χ4n) is 2.63.